The van der Waals surface area contributed by atoms with Gasteiger partial charge in [-0.2, -0.15) is 0 Å². The summed E-state index contributed by atoms with van der Waals surface area (Å²) in [5, 5.41) is 5.98. The molecule has 2 N–H and O–H groups in total. The van der Waals surface area contributed by atoms with Crippen molar-refractivity contribution in [3.8, 4) is 0 Å². The van der Waals surface area contributed by atoms with Crippen LogP contribution < -0.4 is 10.6 Å². The number of carbonyl (C=O) groups excluding carboxylic acids is 1. The minimum Gasteiger partial charge on any atom is -0.352 e. The maximum atomic E-state index is 11.8. The molecule has 0 aromatic rings. The van der Waals surface area contributed by atoms with Crippen LogP contribution in [0, 0.1) is 0 Å². The van der Waals surface area contributed by atoms with Gasteiger partial charge < -0.3 is 10.6 Å². The first-order valence-corrected chi connectivity index (χ1v) is 9.13. The lowest BCUT2D eigenvalue weighted by Gasteiger charge is -2.18. The Morgan fingerprint density at radius 1 is 1.21 bits per heavy atom. The number of hydrogen-bond donors (Lipinski definition) is 2. The van der Waals surface area contributed by atoms with E-state index in [0.29, 0.717) is 6.04 Å². The zero-order valence-electron chi connectivity index (χ0n) is 11.9. The second-order valence-electron chi connectivity index (χ2n) is 5.63. The van der Waals surface area contributed by atoms with E-state index in [1.54, 1.807) is 6.92 Å². The highest BCUT2D eigenvalue weighted by Crippen LogP contribution is 2.16. The van der Waals surface area contributed by atoms with Crippen LogP contribution in [0.4, 0.5) is 0 Å². The average Bonchev–Trinajstić information content (AvgIpc) is 2.53. The van der Waals surface area contributed by atoms with E-state index in [0.717, 1.165) is 12.8 Å². The Kier molecular flexibility index (Phi) is 6.79. The smallest absolute Gasteiger partial charge is 0.234 e. The Bertz CT molecular complexity index is 373. The lowest BCUT2D eigenvalue weighted by molar-refractivity contribution is -0.121. The van der Waals surface area contributed by atoms with Gasteiger partial charge in [-0.15, -0.1) is 0 Å². The number of sulfone groups is 1. The fourth-order valence-electron chi connectivity index (χ4n) is 2.48. The van der Waals surface area contributed by atoms with Gasteiger partial charge in [-0.25, -0.2) is 8.42 Å². The molecular formula is C13H26N2O3S. The van der Waals surface area contributed by atoms with Crippen molar-refractivity contribution in [3.05, 3.63) is 0 Å². The van der Waals surface area contributed by atoms with Crippen molar-refractivity contribution in [2.24, 2.45) is 0 Å². The summed E-state index contributed by atoms with van der Waals surface area (Å²) in [6.45, 7) is 1.97. The third kappa shape index (κ3) is 8.21. The Labute approximate surface area is 116 Å². The average molecular weight is 290 g/mol. The zero-order chi connectivity index (χ0) is 14.3. The molecule has 1 amide bonds. The summed E-state index contributed by atoms with van der Waals surface area (Å²) in [5.41, 5.74) is 0. The normalized spacial score (nSPS) is 19.7. The first kappa shape index (κ1) is 16.4. The third-order valence-electron chi connectivity index (χ3n) is 3.38. The molecule has 1 unspecified atom stereocenters. The molecule has 112 valence electrons. The van der Waals surface area contributed by atoms with E-state index in [9.17, 15) is 13.2 Å². The van der Waals surface area contributed by atoms with Gasteiger partial charge in [-0.1, -0.05) is 25.7 Å². The van der Waals surface area contributed by atoms with Crippen molar-refractivity contribution in [2.75, 3.05) is 18.6 Å². The van der Waals surface area contributed by atoms with Crippen LogP contribution >= 0.6 is 0 Å². The van der Waals surface area contributed by atoms with Crippen LogP contribution in [0.2, 0.25) is 0 Å². The Morgan fingerprint density at radius 3 is 2.32 bits per heavy atom. The van der Waals surface area contributed by atoms with Crippen molar-refractivity contribution >= 4 is 15.7 Å². The van der Waals surface area contributed by atoms with Crippen LogP contribution in [0.3, 0.4) is 0 Å². The van der Waals surface area contributed by atoms with Gasteiger partial charge in [0.05, 0.1) is 12.3 Å². The standard InChI is InChI=1S/C13H26N2O3S/c1-11(10-19(2,17)18)14-9-13(16)15-12-7-5-3-4-6-8-12/h11-12,14H,3-10H2,1-2H3,(H,15,16). The molecule has 19 heavy (non-hydrogen) atoms. The predicted octanol–water partition coefficient (Wildman–Crippen LogP) is 0.848. The van der Waals surface area contributed by atoms with E-state index in [1.165, 1.54) is 31.9 Å². The molecule has 0 aliphatic heterocycles. The number of nitrogens with one attached hydrogen (secondary N) is 2. The number of carbonyl (C=O) groups is 1. The van der Waals surface area contributed by atoms with Gasteiger partial charge in [-0.05, 0) is 19.8 Å². The second-order valence-corrected chi connectivity index (χ2v) is 7.82. The van der Waals surface area contributed by atoms with E-state index in [1.807, 2.05) is 0 Å². The summed E-state index contributed by atoms with van der Waals surface area (Å²) in [5.74, 6) is 0.0243. The Morgan fingerprint density at radius 2 is 1.79 bits per heavy atom. The van der Waals surface area contributed by atoms with Crippen LogP contribution in [-0.4, -0.2) is 45.0 Å². The van der Waals surface area contributed by atoms with Gasteiger partial charge in [0, 0.05) is 18.3 Å². The molecule has 1 atom stereocenters. The number of rotatable bonds is 6. The van der Waals surface area contributed by atoms with Crippen LogP contribution in [-0.2, 0) is 14.6 Å². The molecule has 0 heterocycles. The second kappa shape index (κ2) is 7.85. The maximum absolute atomic E-state index is 11.8. The molecular weight excluding hydrogens is 264 g/mol. The van der Waals surface area contributed by atoms with Crippen molar-refractivity contribution in [3.63, 3.8) is 0 Å². The van der Waals surface area contributed by atoms with Crippen molar-refractivity contribution < 1.29 is 13.2 Å². The van der Waals surface area contributed by atoms with E-state index >= 15 is 0 Å². The monoisotopic (exact) mass is 290 g/mol. The largest absolute Gasteiger partial charge is 0.352 e. The Balaban J connectivity index is 2.23. The highest BCUT2D eigenvalue weighted by Gasteiger charge is 2.16. The Hall–Kier alpha value is -0.620. The molecule has 0 spiro atoms. The van der Waals surface area contributed by atoms with Gasteiger partial charge in [0.15, 0.2) is 0 Å². The van der Waals surface area contributed by atoms with Gasteiger partial charge in [-0.3, -0.25) is 4.79 Å². The first-order chi connectivity index (χ1) is 8.87. The summed E-state index contributed by atoms with van der Waals surface area (Å²) in [6.07, 6.45) is 8.21. The van der Waals surface area contributed by atoms with Gasteiger partial charge in [0.1, 0.15) is 9.84 Å². The van der Waals surface area contributed by atoms with E-state index < -0.39 is 9.84 Å². The fraction of sp³-hybridized carbons (Fsp3) is 0.923. The molecule has 1 saturated carbocycles. The quantitative estimate of drug-likeness (QED) is 0.711. The third-order valence-corrected chi connectivity index (χ3v) is 4.49. The molecule has 1 fully saturated rings. The summed E-state index contributed by atoms with van der Waals surface area (Å²) in [7, 11) is -3.00. The first-order valence-electron chi connectivity index (χ1n) is 7.07. The summed E-state index contributed by atoms with van der Waals surface area (Å²) < 4.78 is 22.2. The predicted molar refractivity (Wildman–Crippen MR) is 76.8 cm³/mol. The van der Waals surface area contributed by atoms with E-state index in [-0.39, 0.29) is 24.2 Å². The lowest BCUT2D eigenvalue weighted by atomic mass is 10.1. The molecule has 0 bridgehead atoms. The van der Waals surface area contributed by atoms with Gasteiger partial charge in [0.25, 0.3) is 0 Å². The zero-order valence-corrected chi connectivity index (χ0v) is 12.8. The van der Waals surface area contributed by atoms with Crippen LogP contribution in [0.1, 0.15) is 45.4 Å². The van der Waals surface area contributed by atoms with E-state index in [4.69, 9.17) is 0 Å². The van der Waals surface area contributed by atoms with Crippen LogP contribution in [0.5, 0.6) is 0 Å². The summed E-state index contributed by atoms with van der Waals surface area (Å²) >= 11 is 0. The summed E-state index contributed by atoms with van der Waals surface area (Å²) in [4.78, 5) is 11.8. The number of hydrogen-bond acceptors (Lipinski definition) is 4. The van der Waals surface area contributed by atoms with E-state index in [2.05, 4.69) is 10.6 Å². The van der Waals surface area contributed by atoms with Crippen molar-refractivity contribution in [2.45, 2.75) is 57.5 Å². The maximum Gasteiger partial charge on any atom is 0.234 e. The molecule has 5 nitrogen and oxygen atoms in total. The highest BCUT2D eigenvalue weighted by atomic mass is 32.2. The lowest BCUT2D eigenvalue weighted by Crippen LogP contribution is -2.44. The van der Waals surface area contributed by atoms with Gasteiger partial charge in [0.2, 0.25) is 5.91 Å². The highest BCUT2D eigenvalue weighted by molar-refractivity contribution is 7.90. The van der Waals surface area contributed by atoms with Crippen LogP contribution in [0.25, 0.3) is 0 Å². The molecule has 0 radical (unpaired) electrons. The van der Waals surface area contributed by atoms with Crippen molar-refractivity contribution in [1.82, 2.24) is 10.6 Å². The SMILES string of the molecule is CC(CS(C)(=O)=O)NCC(=O)NC1CCCCCC1. The minimum absolute atomic E-state index is 0.0350. The van der Waals surface area contributed by atoms with Gasteiger partial charge >= 0.3 is 0 Å². The van der Waals surface area contributed by atoms with Crippen LogP contribution in [0.15, 0.2) is 0 Å². The molecule has 1 aliphatic rings. The molecule has 1 aliphatic carbocycles. The fourth-order valence-corrected chi connectivity index (χ4v) is 3.51. The molecule has 0 aromatic carbocycles. The van der Waals surface area contributed by atoms with Crippen molar-refractivity contribution in [1.29, 1.82) is 0 Å². The summed E-state index contributed by atoms with van der Waals surface area (Å²) in [6, 6.07) is 0.0943. The molecule has 6 heteroatoms. The molecule has 0 saturated heterocycles. The topological polar surface area (TPSA) is 75.3 Å². The molecule has 0 aromatic heterocycles. The molecule has 1 rings (SSSR count). The number of amides is 1. The minimum atomic E-state index is -3.00.